The smallest absolute Gasteiger partial charge is 0.311 e. The molecule has 0 saturated heterocycles. The first-order chi connectivity index (χ1) is 11.0. The number of aromatic nitrogens is 1. The van der Waals surface area contributed by atoms with Gasteiger partial charge in [-0.2, -0.15) is 0 Å². The SMILES string of the molecule is CC[C@@H](OC(=O)Cc1ccc(Cl)cc1)C(=O)Nc1cc(C)on1. The summed E-state index contributed by atoms with van der Waals surface area (Å²) in [7, 11) is 0. The number of rotatable bonds is 6. The first kappa shape index (κ1) is 17.0. The zero-order valence-corrected chi connectivity index (χ0v) is 13.6. The summed E-state index contributed by atoms with van der Waals surface area (Å²) in [6.45, 7) is 3.47. The average molecular weight is 337 g/mol. The summed E-state index contributed by atoms with van der Waals surface area (Å²) < 4.78 is 10.1. The van der Waals surface area contributed by atoms with Gasteiger partial charge in [0.2, 0.25) is 0 Å². The minimum Gasteiger partial charge on any atom is -0.452 e. The van der Waals surface area contributed by atoms with Crippen molar-refractivity contribution in [1.29, 1.82) is 0 Å². The molecule has 6 nitrogen and oxygen atoms in total. The largest absolute Gasteiger partial charge is 0.452 e. The van der Waals surface area contributed by atoms with Gasteiger partial charge in [0.15, 0.2) is 11.9 Å². The van der Waals surface area contributed by atoms with E-state index in [2.05, 4.69) is 10.5 Å². The Morgan fingerprint density at radius 2 is 2.04 bits per heavy atom. The molecule has 122 valence electrons. The molecule has 1 N–H and O–H groups in total. The molecule has 2 aromatic rings. The Bertz CT molecular complexity index is 682. The van der Waals surface area contributed by atoms with Gasteiger partial charge in [0.25, 0.3) is 5.91 Å². The normalized spacial score (nSPS) is 11.8. The van der Waals surface area contributed by atoms with Crippen LogP contribution in [0.5, 0.6) is 0 Å². The van der Waals surface area contributed by atoms with Crippen molar-refractivity contribution < 1.29 is 18.8 Å². The lowest BCUT2D eigenvalue weighted by Gasteiger charge is -2.15. The zero-order valence-electron chi connectivity index (χ0n) is 12.8. The topological polar surface area (TPSA) is 81.4 Å². The van der Waals surface area contributed by atoms with Gasteiger partial charge in [-0.15, -0.1) is 0 Å². The van der Waals surface area contributed by atoms with Crippen molar-refractivity contribution in [3.63, 3.8) is 0 Å². The molecular weight excluding hydrogens is 320 g/mol. The van der Waals surface area contributed by atoms with E-state index in [1.165, 1.54) is 0 Å². The van der Waals surface area contributed by atoms with Crippen molar-refractivity contribution in [3.05, 3.63) is 46.7 Å². The molecule has 23 heavy (non-hydrogen) atoms. The van der Waals surface area contributed by atoms with E-state index in [1.807, 2.05) is 0 Å². The van der Waals surface area contributed by atoms with E-state index in [0.717, 1.165) is 5.56 Å². The summed E-state index contributed by atoms with van der Waals surface area (Å²) in [6.07, 6.45) is -0.453. The number of aryl methyl sites for hydroxylation is 1. The van der Waals surface area contributed by atoms with Gasteiger partial charge >= 0.3 is 5.97 Å². The maximum Gasteiger partial charge on any atom is 0.311 e. The fraction of sp³-hybridized carbons (Fsp3) is 0.312. The molecule has 0 unspecified atom stereocenters. The Hall–Kier alpha value is -2.34. The van der Waals surface area contributed by atoms with Crippen LogP contribution in [-0.2, 0) is 20.7 Å². The van der Waals surface area contributed by atoms with Crippen molar-refractivity contribution in [2.45, 2.75) is 32.8 Å². The van der Waals surface area contributed by atoms with E-state index < -0.39 is 18.0 Å². The number of anilines is 1. The van der Waals surface area contributed by atoms with Crippen LogP contribution >= 0.6 is 11.6 Å². The zero-order chi connectivity index (χ0) is 16.8. The number of carbonyl (C=O) groups is 2. The monoisotopic (exact) mass is 336 g/mol. The Kier molecular flexibility index (Phi) is 5.76. The van der Waals surface area contributed by atoms with E-state index in [1.54, 1.807) is 44.2 Å². The van der Waals surface area contributed by atoms with Crippen LogP contribution < -0.4 is 5.32 Å². The van der Waals surface area contributed by atoms with Crippen LogP contribution in [-0.4, -0.2) is 23.1 Å². The van der Waals surface area contributed by atoms with Crippen molar-refractivity contribution in [2.75, 3.05) is 5.32 Å². The molecule has 0 aliphatic rings. The minimum atomic E-state index is -0.883. The lowest BCUT2D eigenvalue weighted by molar-refractivity contribution is -0.153. The molecule has 0 fully saturated rings. The number of carbonyl (C=O) groups excluding carboxylic acids is 2. The van der Waals surface area contributed by atoms with E-state index in [0.29, 0.717) is 23.0 Å². The maximum absolute atomic E-state index is 12.1. The molecule has 1 amide bonds. The number of halogens is 1. The Morgan fingerprint density at radius 3 is 2.61 bits per heavy atom. The number of hydrogen-bond donors (Lipinski definition) is 1. The predicted molar refractivity (Wildman–Crippen MR) is 85.2 cm³/mol. The summed E-state index contributed by atoms with van der Waals surface area (Å²) in [5.74, 6) is -0.0521. The van der Waals surface area contributed by atoms with E-state index in [-0.39, 0.29) is 6.42 Å². The Morgan fingerprint density at radius 1 is 1.35 bits per heavy atom. The molecule has 1 aromatic carbocycles. The van der Waals surface area contributed by atoms with Gasteiger partial charge in [0.1, 0.15) is 5.76 Å². The highest BCUT2D eigenvalue weighted by Gasteiger charge is 2.22. The van der Waals surface area contributed by atoms with Gasteiger partial charge in [0.05, 0.1) is 6.42 Å². The van der Waals surface area contributed by atoms with Gasteiger partial charge in [-0.05, 0) is 31.0 Å². The highest BCUT2D eigenvalue weighted by Crippen LogP contribution is 2.12. The molecule has 0 aliphatic heterocycles. The summed E-state index contributed by atoms with van der Waals surface area (Å²) in [4.78, 5) is 24.1. The third kappa shape index (κ3) is 5.10. The number of benzene rings is 1. The van der Waals surface area contributed by atoms with Gasteiger partial charge in [-0.25, -0.2) is 0 Å². The van der Waals surface area contributed by atoms with E-state index in [4.69, 9.17) is 20.9 Å². The second-order valence-corrected chi connectivity index (χ2v) is 5.44. The van der Waals surface area contributed by atoms with Gasteiger partial charge < -0.3 is 14.6 Å². The average Bonchev–Trinajstić information content (AvgIpc) is 2.92. The lowest BCUT2D eigenvalue weighted by atomic mass is 10.1. The second kappa shape index (κ2) is 7.78. The van der Waals surface area contributed by atoms with Crippen LogP contribution in [0.4, 0.5) is 5.82 Å². The molecule has 1 heterocycles. The molecule has 1 atom stereocenters. The molecule has 0 spiro atoms. The molecular formula is C16H17ClN2O4. The van der Waals surface area contributed by atoms with Crippen molar-refractivity contribution in [2.24, 2.45) is 0 Å². The third-order valence-electron chi connectivity index (χ3n) is 3.08. The highest BCUT2D eigenvalue weighted by molar-refractivity contribution is 6.30. The fourth-order valence-corrected chi connectivity index (χ4v) is 2.05. The van der Waals surface area contributed by atoms with Crippen LogP contribution in [0.1, 0.15) is 24.7 Å². The van der Waals surface area contributed by atoms with Crippen molar-refractivity contribution in [1.82, 2.24) is 5.16 Å². The van der Waals surface area contributed by atoms with Gasteiger partial charge in [-0.3, -0.25) is 9.59 Å². The summed E-state index contributed by atoms with van der Waals surface area (Å²) in [6, 6.07) is 8.45. The number of ether oxygens (including phenoxy) is 1. The number of esters is 1. The molecule has 1 aromatic heterocycles. The molecule has 0 saturated carbocycles. The fourth-order valence-electron chi connectivity index (χ4n) is 1.92. The highest BCUT2D eigenvalue weighted by atomic mass is 35.5. The third-order valence-corrected chi connectivity index (χ3v) is 3.33. The van der Waals surface area contributed by atoms with Crippen LogP contribution in [0.15, 0.2) is 34.9 Å². The number of hydrogen-bond acceptors (Lipinski definition) is 5. The van der Waals surface area contributed by atoms with Gasteiger partial charge in [-0.1, -0.05) is 35.8 Å². The Labute approximate surface area is 138 Å². The summed E-state index contributed by atoms with van der Waals surface area (Å²) >= 11 is 5.79. The second-order valence-electron chi connectivity index (χ2n) is 5.00. The molecule has 0 radical (unpaired) electrons. The van der Waals surface area contributed by atoms with Crippen LogP contribution in [0.2, 0.25) is 5.02 Å². The van der Waals surface area contributed by atoms with E-state index in [9.17, 15) is 9.59 Å². The lowest BCUT2D eigenvalue weighted by Crippen LogP contribution is -2.32. The van der Waals surface area contributed by atoms with Crippen LogP contribution in [0.3, 0.4) is 0 Å². The molecule has 2 rings (SSSR count). The maximum atomic E-state index is 12.1. The minimum absolute atomic E-state index is 0.0734. The van der Waals surface area contributed by atoms with Crippen LogP contribution in [0, 0.1) is 6.92 Å². The van der Waals surface area contributed by atoms with Crippen LogP contribution in [0.25, 0.3) is 0 Å². The summed E-state index contributed by atoms with van der Waals surface area (Å²) in [5.41, 5.74) is 0.766. The Balaban J connectivity index is 1.91. The first-order valence-corrected chi connectivity index (χ1v) is 7.54. The van der Waals surface area contributed by atoms with Gasteiger partial charge in [0, 0.05) is 11.1 Å². The van der Waals surface area contributed by atoms with Crippen molar-refractivity contribution in [3.8, 4) is 0 Å². The van der Waals surface area contributed by atoms with Crippen molar-refractivity contribution >= 4 is 29.3 Å². The summed E-state index contributed by atoms with van der Waals surface area (Å²) in [5, 5.41) is 6.81. The molecule has 7 heteroatoms. The molecule has 0 aliphatic carbocycles. The number of nitrogens with one attached hydrogen (secondary N) is 1. The number of amides is 1. The number of nitrogens with zero attached hydrogens (tertiary/aromatic N) is 1. The predicted octanol–water partition coefficient (Wildman–Crippen LogP) is 3.14. The van der Waals surface area contributed by atoms with E-state index >= 15 is 0 Å². The quantitative estimate of drug-likeness (QED) is 0.819. The first-order valence-electron chi connectivity index (χ1n) is 7.16. The molecule has 0 bridgehead atoms. The standard InChI is InChI=1S/C16H17ClN2O4/c1-3-13(16(21)18-14-8-10(2)23-19-14)22-15(20)9-11-4-6-12(17)7-5-11/h4-8,13H,3,9H2,1-2H3,(H,18,19,21)/t13-/m1/s1.